The van der Waals surface area contributed by atoms with Crippen molar-refractivity contribution in [3.8, 4) is 0 Å². The fourth-order valence-corrected chi connectivity index (χ4v) is 104. The van der Waals surface area contributed by atoms with Crippen LogP contribution in [0.25, 0.3) is 0 Å². The second-order valence-corrected chi connectivity index (χ2v) is 111. The van der Waals surface area contributed by atoms with E-state index in [0.29, 0.717) is 39.3 Å². The summed E-state index contributed by atoms with van der Waals surface area (Å²) >= 11 is 0. The van der Waals surface area contributed by atoms with E-state index in [1.54, 1.807) is 0 Å². The lowest BCUT2D eigenvalue weighted by Crippen LogP contribution is -3.00. The third kappa shape index (κ3) is 69.5. The molecule has 0 amide bonds. The molecule has 28 nitrogen and oxygen atoms in total. The largest absolute Gasteiger partial charge is 1.00 e. The number of likely N-dealkylation sites (N-methyl/N-ethyl adjacent to an activating group) is 2. The molecule has 0 bridgehead atoms. The maximum absolute atomic E-state index is 10.3. The summed E-state index contributed by atoms with van der Waals surface area (Å²) in [6.07, 6.45) is 1.08. The van der Waals surface area contributed by atoms with Crippen LogP contribution in [-0.2, 0) is 65.8 Å². The van der Waals surface area contributed by atoms with E-state index in [1.165, 1.54) is 0 Å². The Hall–Kier alpha value is 3.36. The van der Waals surface area contributed by atoms with E-state index in [4.69, 9.17) is 77.3 Å². The highest BCUT2D eigenvalue weighted by atomic mass is 35.5. The van der Waals surface area contributed by atoms with Crippen molar-refractivity contribution in [3.05, 3.63) is 0 Å². The van der Waals surface area contributed by atoms with Gasteiger partial charge in [-0.3, -0.25) is 0 Å². The van der Waals surface area contributed by atoms with Gasteiger partial charge in [0.15, 0.2) is 33.3 Å². The fraction of sp³-hybridized carbons (Fsp3) is 1.00. The molecule has 692 valence electrons. The van der Waals surface area contributed by atoms with Crippen LogP contribution in [0.2, 0.25) is 260 Å². The van der Waals surface area contributed by atoms with Gasteiger partial charge in [0, 0.05) is 77.5 Å². The Kier molecular flexibility index (Phi) is 55.9. The molecule has 0 fully saturated rings. The summed E-state index contributed by atoms with van der Waals surface area (Å²) in [4.78, 5) is 0. The lowest BCUT2D eigenvalue weighted by atomic mass is 10.3. The smallest absolute Gasteiger partial charge is 0.318 e. The lowest BCUT2D eigenvalue weighted by Gasteiger charge is -2.45. The number of nitrogens with zero attached hydrogens (tertiary/aromatic N) is 2. The lowest BCUT2D eigenvalue weighted by molar-refractivity contribution is -0.873. The molecule has 6 unspecified atom stereocenters. The molecule has 0 saturated heterocycles. The Morgan fingerprint density at radius 2 is 0.412 bits per heavy atom. The molecule has 0 saturated carbocycles. The van der Waals surface area contributed by atoms with E-state index < -0.39 is 153 Å². The van der Waals surface area contributed by atoms with E-state index in [-0.39, 0.29) is 37.0 Å². The average Bonchev–Trinajstić information content (AvgIpc) is 0.800. The van der Waals surface area contributed by atoms with Crippen LogP contribution in [-0.4, -0.2) is 332 Å². The molecule has 0 rings (SSSR count). The molecule has 114 heavy (non-hydrogen) atoms. The van der Waals surface area contributed by atoms with Gasteiger partial charge in [0.05, 0.1) is 42.3 Å². The number of aliphatic hydroxyl groups excluding tert-OH is 2. The Morgan fingerprint density at radius 1 is 0.237 bits per heavy atom. The minimum absolute atomic E-state index is 0. The van der Waals surface area contributed by atoms with Gasteiger partial charge < -0.3 is 153 Å². The molecule has 0 aromatic rings. The summed E-state index contributed by atoms with van der Waals surface area (Å²) in [6.45, 7) is 89.2. The van der Waals surface area contributed by atoms with Crippen molar-refractivity contribution in [1.29, 1.82) is 0 Å². The van der Waals surface area contributed by atoms with Gasteiger partial charge in [-0.15, -0.1) is 0 Å². The van der Waals surface area contributed by atoms with E-state index in [0.717, 1.165) is 111 Å². The highest BCUT2D eigenvalue weighted by Crippen LogP contribution is 2.36. The topological polar surface area (TPSA) is 312 Å². The van der Waals surface area contributed by atoms with Crippen LogP contribution in [0, 0.1) is 0 Å². The molecule has 0 radical (unpaired) electrons. The van der Waals surface area contributed by atoms with Crippen LogP contribution in [0.4, 0.5) is 0 Å². The van der Waals surface area contributed by atoms with Crippen LogP contribution in [0.5, 0.6) is 0 Å². The predicted octanol–water partition coefficient (Wildman–Crippen LogP) is 5.26. The van der Waals surface area contributed by atoms with Crippen molar-refractivity contribution >= 4 is 153 Å². The molecule has 0 aromatic heterocycles. The third-order valence-electron chi connectivity index (χ3n) is 15.2. The van der Waals surface area contributed by atoms with Gasteiger partial charge in [-0.1, -0.05) is 0 Å². The third-order valence-corrected chi connectivity index (χ3v) is 83.0. The zero-order chi connectivity index (χ0) is 88.3. The number of halogens is 2. The molecule has 0 spiro atoms. The van der Waals surface area contributed by atoms with Crippen LogP contribution < -0.4 is 68.2 Å². The Morgan fingerprint density at radius 3 is 0.623 bits per heavy atom. The van der Waals surface area contributed by atoms with Crippen LogP contribution in [0.1, 0.15) is 12.8 Å². The zero-order valence-corrected chi connectivity index (χ0v) is 100. The highest BCUT2D eigenvalue weighted by molar-refractivity contribution is 6.95. The van der Waals surface area contributed by atoms with E-state index in [9.17, 15) is 10.2 Å². The molecule has 0 aliphatic heterocycles. The minimum atomic E-state index is -2.82. The predicted molar refractivity (Wildman–Crippen MR) is 514 cm³/mol. The number of nitrogens with two attached hydrogens (primary N) is 2. The second-order valence-electron chi connectivity index (χ2n) is 41.6. The van der Waals surface area contributed by atoms with Gasteiger partial charge in [-0.25, -0.2) is 0 Å². The minimum Gasteiger partial charge on any atom is -1.00 e. The van der Waals surface area contributed by atoms with Crippen LogP contribution in [0.15, 0.2) is 0 Å². The van der Waals surface area contributed by atoms with Crippen molar-refractivity contribution in [2.24, 2.45) is 11.5 Å². The maximum atomic E-state index is 10.3. The fourth-order valence-electron chi connectivity index (χ4n) is 14.9. The molecule has 0 heterocycles. The van der Waals surface area contributed by atoms with Gasteiger partial charge in [-0.2, -0.15) is 0 Å². The molecule has 0 aliphatic rings. The summed E-state index contributed by atoms with van der Waals surface area (Å²) in [6, 6.07) is 3.14. The van der Waals surface area contributed by atoms with E-state index in [2.05, 4.69) is 310 Å². The zero-order valence-electron chi connectivity index (χ0n) is 80.9. The number of quaternary nitrogens is 2. The Labute approximate surface area is 732 Å². The number of rotatable bonds is 64. The number of hydrogen-bond donors (Lipinski definition) is 10. The standard InChI is InChI=1S/C34H94N5O9Si9.C32H90N5O9Si9.2ClH/c1-39(2,3)33-34(40)32-38-29-28-37-26-23-31-57(21,46-52(12,13)42-50(7,8)9)48-55(18,19)44-53(14,15)43-54(16,17)47-56(20,30-22-25-36-27-24-35)45-51(10,11)41-49(4,5)6;1-37(2,3)31-32(38)30-36-25-24-35-27-29-55(21,44-50(12,13)40-48(7,8)9)46-53(18,19)42-51(14,15)41-52(16,17)45-54(20,28-26-34-23-22-33)43-49(10,11)39-47(4,5)6;;/h34,36-38,40H,22-33,35H2,1-21H3;32,34-36,38H,22-31,33H2,1-21H3;2*1H/q2*+1;;/p-2. The van der Waals surface area contributed by atoms with Gasteiger partial charge in [-0.05, 0) is 287 Å². The molecule has 48 heteroatoms. The number of aliphatic hydroxyl groups is 2. The first-order valence-electron chi connectivity index (χ1n) is 41.5. The maximum Gasteiger partial charge on any atom is 0.318 e. The van der Waals surface area contributed by atoms with E-state index >= 15 is 0 Å². The van der Waals surface area contributed by atoms with Gasteiger partial charge >= 0.3 is 120 Å². The van der Waals surface area contributed by atoms with Crippen molar-refractivity contribution in [3.63, 3.8) is 0 Å². The summed E-state index contributed by atoms with van der Waals surface area (Å²) < 4.78 is 112. The summed E-state index contributed by atoms with van der Waals surface area (Å²) in [7, 11) is -32.6. The first-order chi connectivity index (χ1) is 49.6. The number of hydrogen-bond acceptors (Lipinski definition) is 26. The van der Waals surface area contributed by atoms with Crippen molar-refractivity contribution in [2.75, 3.05) is 147 Å². The SMILES string of the molecule is C[N+](C)(C)CC(O)CNCCNCCC[Si](C)(O[Si](C)(C)O[Si](C)(C)C)O[Si](C)(C)O[Si](C)(C)O[Si](C)(C)O[Si](C)(CCCNCCN)O[Si](C)(C)O[Si](C)(C)C.C[N+](C)(C)CC(O)CNCCNCC[Si](C)(O[Si](C)(C)O[Si](C)(C)C)O[Si](C)(C)O[Si](C)(C)O[Si](C)(C)O[Si](C)(CCNCCN)O[Si](C)(C)O[Si](C)(C)C.[Cl-].[Cl-]. The molecule has 0 aliphatic carbocycles. The molecule has 6 atom stereocenters. The Bertz CT molecular complexity index is 2620. The van der Waals surface area contributed by atoms with Crippen LogP contribution >= 0.6 is 0 Å². The van der Waals surface area contributed by atoms with Gasteiger partial charge in [0.1, 0.15) is 25.3 Å². The second kappa shape index (κ2) is 51.5. The van der Waals surface area contributed by atoms with Crippen molar-refractivity contribution < 1.29 is 110 Å². The van der Waals surface area contributed by atoms with Gasteiger partial charge in [0.2, 0.25) is 0 Å². The van der Waals surface area contributed by atoms with Crippen LogP contribution in [0.3, 0.4) is 0 Å². The van der Waals surface area contributed by atoms with Crippen molar-refractivity contribution in [2.45, 2.75) is 285 Å². The first kappa shape index (κ1) is 124. The molecule has 0 aromatic carbocycles. The summed E-state index contributed by atoms with van der Waals surface area (Å²) in [5, 5.41) is 41.4. The quantitative estimate of drug-likeness (QED) is 0.0211. The average molecular weight is 1980 g/mol. The summed E-state index contributed by atoms with van der Waals surface area (Å²) in [5.41, 5.74) is 11.5. The molecule has 12 N–H and O–H groups in total. The first-order valence-corrected chi connectivity index (χ1v) is 93.4. The molecular formula is C66H184Cl2N10O18Si18. The number of nitrogens with one attached hydrogen (secondary N) is 6. The van der Waals surface area contributed by atoms with Crippen molar-refractivity contribution in [1.82, 2.24) is 31.9 Å². The highest BCUT2D eigenvalue weighted by Gasteiger charge is 2.55. The molecular weight excluding hydrogens is 1800 g/mol. The summed E-state index contributed by atoms with van der Waals surface area (Å²) in [5.74, 6) is 0. The Balaban J connectivity index is -0.00000104. The van der Waals surface area contributed by atoms with E-state index in [1.807, 2.05) is 0 Å². The normalized spacial score (nSPS) is 16.9. The van der Waals surface area contributed by atoms with Gasteiger partial charge in [0.25, 0.3) is 0 Å². The monoisotopic (exact) mass is 1980 g/mol.